The first-order valence-electron chi connectivity index (χ1n) is 7.05. The summed E-state index contributed by atoms with van der Waals surface area (Å²) in [5.74, 6) is 0. The third-order valence-electron chi connectivity index (χ3n) is 3.03. The highest BCUT2D eigenvalue weighted by Crippen LogP contribution is 2.16. The van der Waals surface area contributed by atoms with E-state index in [-0.39, 0.29) is 6.61 Å². The fraction of sp³-hybridized carbons (Fsp3) is 0.176. The van der Waals surface area contributed by atoms with Gasteiger partial charge in [-0.3, -0.25) is 0 Å². The molecule has 6 heteroatoms. The Bertz CT molecular complexity index is 685. The molecule has 0 aliphatic rings. The first-order chi connectivity index (χ1) is 11.1. The van der Waals surface area contributed by atoms with Gasteiger partial charge in [0.1, 0.15) is 0 Å². The molecule has 4 nitrogen and oxygen atoms in total. The van der Waals surface area contributed by atoms with Gasteiger partial charge in [-0.15, -0.1) is 0 Å². The summed E-state index contributed by atoms with van der Waals surface area (Å²) >= 11 is 9.36. The number of carbonyl (C=O) groups is 1. The van der Waals surface area contributed by atoms with Crippen LogP contribution in [0.3, 0.4) is 0 Å². The molecule has 1 N–H and O–H groups in total. The van der Waals surface area contributed by atoms with Gasteiger partial charge < -0.3 is 4.74 Å². The maximum Gasteiger partial charge on any atom is 0.427 e. The monoisotopic (exact) mass is 394 g/mol. The number of ether oxygens (including phenoxy) is 1. The van der Waals surface area contributed by atoms with Crippen molar-refractivity contribution in [3.8, 4) is 0 Å². The lowest BCUT2D eigenvalue weighted by Gasteiger charge is -2.09. The molecule has 0 radical (unpaired) electrons. The first-order valence-corrected chi connectivity index (χ1v) is 8.55. The van der Waals surface area contributed by atoms with Crippen LogP contribution < -0.4 is 5.43 Å². The van der Waals surface area contributed by atoms with Crippen molar-refractivity contribution in [3.63, 3.8) is 0 Å². The summed E-state index contributed by atoms with van der Waals surface area (Å²) in [6.07, 6.45) is -0.587. The van der Waals surface area contributed by atoms with Gasteiger partial charge in [-0.05, 0) is 24.6 Å². The number of hydrogen-bond acceptors (Lipinski definition) is 3. The Morgan fingerprint density at radius 3 is 2.22 bits per heavy atom. The number of alkyl halides is 1. The highest BCUT2D eigenvalue weighted by Gasteiger charge is 2.09. The molecule has 0 saturated carbocycles. The molecule has 2 aromatic rings. The maximum absolute atomic E-state index is 11.5. The van der Waals surface area contributed by atoms with E-state index in [4.69, 9.17) is 16.3 Å². The second kappa shape index (κ2) is 8.70. The minimum atomic E-state index is -0.587. The number of nitrogens with zero attached hydrogens (tertiary/aromatic N) is 1. The smallest absolute Gasteiger partial charge is 0.427 e. The number of hydrogen-bond donors (Lipinski definition) is 1. The molecule has 0 saturated heterocycles. The van der Waals surface area contributed by atoms with Crippen molar-refractivity contribution < 1.29 is 9.53 Å². The van der Waals surface area contributed by atoms with E-state index in [0.717, 1.165) is 22.0 Å². The Kier molecular flexibility index (Phi) is 6.62. The van der Waals surface area contributed by atoms with Crippen LogP contribution in [0.15, 0.2) is 53.6 Å². The van der Waals surface area contributed by atoms with Crippen LogP contribution in [0.1, 0.15) is 23.6 Å². The quantitative estimate of drug-likeness (QED) is 0.452. The number of benzene rings is 2. The number of carbonyl (C=O) groups excluding carboxylic acids is 1. The summed E-state index contributed by atoms with van der Waals surface area (Å²) in [5, 5.41) is 5.62. The van der Waals surface area contributed by atoms with Crippen molar-refractivity contribution in [2.45, 2.75) is 12.3 Å². The summed E-state index contributed by atoms with van der Waals surface area (Å²) in [6.45, 7) is 2.03. The summed E-state index contributed by atoms with van der Waals surface area (Å²) in [6, 6.07) is 15.2. The number of halogens is 2. The van der Waals surface area contributed by atoms with Crippen molar-refractivity contribution in [1.29, 1.82) is 0 Å². The van der Waals surface area contributed by atoms with E-state index in [9.17, 15) is 4.79 Å². The van der Waals surface area contributed by atoms with Gasteiger partial charge in [-0.2, -0.15) is 5.10 Å². The van der Waals surface area contributed by atoms with Crippen LogP contribution in [0.2, 0.25) is 5.02 Å². The van der Waals surface area contributed by atoms with Gasteiger partial charge in [0.15, 0.2) is 0 Å². The highest BCUT2D eigenvalue weighted by atomic mass is 79.9. The van der Waals surface area contributed by atoms with Gasteiger partial charge in [0.05, 0.1) is 12.3 Å². The second-order valence-corrected chi connectivity index (χ2v) is 5.63. The minimum Gasteiger partial charge on any atom is -0.449 e. The SMILES string of the molecule is CCOC(=O)NN=C(c1ccc(Cl)cc1)c1ccc(CBr)cc1. The molecule has 0 aromatic heterocycles. The highest BCUT2D eigenvalue weighted by molar-refractivity contribution is 9.08. The topological polar surface area (TPSA) is 50.7 Å². The molecule has 0 spiro atoms. The molecule has 0 unspecified atom stereocenters. The normalized spacial score (nSPS) is 11.2. The molecule has 120 valence electrons. The van der Waals surface area contributed by atoms with Crippen molar-refractivity contribution >= 4 is 39.3 Å². The van der Waals surface area contributed by atoms with Crippen LogP contribution in [0.4, 0.5) is 4.79 Å². The molecule has 23 heavy (non-hydrogen) atoms. The van der Waals surface area contributed by atoms with Crippen molar-refractivity contribution in [2.24, 2.45) is 5.10 Å². The summed E-state index contributed by atoms with van der Waals surface area (Å²) < 4.78 is 4.84. The molecule has 0 aliphatic heterocycles. The molecule has 0 heterocycles. The van der Waals surface area contributed by atoms with Gasteiger partial charge in [-0.1, -0.05) is 63.9 Å². The molecule has 2 rings (SSSR count). The van der Waals surface area contributed by atoms with E-state index in [1.54, 1.807) is 19.1 Å². The minimum absolute atomic E-state index is 0.289. The van der Waals surface area contributed by atoms with Crippen LogP contribution in [-0.4, -0.2) is 18.4 Å². The van der Waals surface area contributed by atoms with Crippen molar-refractivity contribution in [2.75, 3.05) is 6.61 Å². The Labute approximate surface area is 148 Å². The third kappa shape index (κ3) is 5.08. The van der Waals surface area contributed by atoms with Gasteiger partial charge in [-0.25, -0.2) is 10.2 Å². The van der Waals surface area contributed by atoms with E-state index in [1.807, 2.05) is 36.4 Å². The molecule has 0 bridgehead atoms. The van der Waals surface area contributed by atoms with E-state index in [1.165, 1.54) is 0 Å². The summed E-state index contributed by atoms with van der Waals surface area (Å²) in [7, 11) is 0. The average Bonchev–Trinajstić information content (AvgIpc) is 2.57. The van der Waals surface area contributed by atoms with Crippen LogP contribution in [0.25, 0.3) is 0 Å². The standard InChI is InChI=1S/C17H16BrClN2O2/c1-2-23-17(22)21-20-16(14-7-9-15(19)10-8-14)13-5-3-12(11-18)4-6-13/h3-10H,2,11H2,1H3,(H,21,22). The average molecular weight is 396 g/mol. The molecule has 2 aromatic carbocycles. The zero-order valence-electron chi connectivity index (χ0n) is 12.6. The summed E-state index contributed by atoms with van der Waals surface area (Å²) in [5.41, 5.74) is 5.93. The van der Waals surface area contributed by atoms with Gasteiger partial charge in [0, 0.05) is 21.5 Å². The third-order valence-corrected chi connectivity index (χ3v) is 3.93. The van der Waals surface area contributed by atoms with Crippen LogP contribution in [-0.2, 0) is 10.1 Å². The number of amides is 1. The second-order valence-electron chi connectivity index (χ2n) is 4.63. The Balaban J connectivity index is 2.35. The first kappa shape index (κ1) is 17.5. The van der Waals surface area contributed by atoms with Crippen LogP contribution in [0.5, 0.6) is 0 Å². The van der Waals surface area contributed by atoms with E-state index >= 15 is 0 Å². The molecule has 0 aliphatic carbocycles. The van der Waals surface area contributed by atoms with E-state index < -0.39 is 6.09 Å². The maximum atomic E-state index is 11.5. The Morgan fingerprint density at radius 2 is 1.70 bits per heavy atom. The fourth-order valence-electron chi connectivity index (χ4n) is 1.92. The number of hydrazone groups is 1. The number of nitrogens with one attached hydrogen (secondary N) is 1. The predicted octanol–water partition coefficient (Wildman–Crippen LogP) is 4.73. The zero-order chi connectivity index (χ0) is 16.7. The molecule has 1 amide bonds. The Morgan fingerprint density at radius 1 is 1.13 bits per heavy atom. The summed E-state index contributed by atoms with van der Waals surface area (Å²) in [4.78, 5) is 11.5. The molecule has 0 fully saturated rings. The van der Waals surface area contributed by atoms with Gasteiger partial charge >= 0.3 is 6.09 Å². The van der Waals surface area contributed by atoms with Crippen molar-refractivity contribution in [1.82, 2.24) is 5.43 Å². The zero-order valence-corrected chi connectivity index (χ0v) is 14.9. The lowest BCUT2D eigenvalue weighted by molar-refractivity contribution is 0.152. The van der Waals surface area contributed by atoms with E-state index in [2.05, 4.69) is 26.5 Å². The van der Waals surface area contributed by atoms with Gasteiger partial charge in [0.2, 0.25) is 0 Å². The lowest BCUT2D eigenvalue weighted by atomic mass is 10.0. The number of rotatable bonds is 5. The van der Waals surface area contributed by atoms with Crippen LogP contribution in [0, 0.1) is 0 Å². The predicted molar refractivity (Wildman–Crippen MR) is 96.3 cm³/mol. The van der Waals surface area contributed by atoms with Gasteiger partial charge in [0.25, 0.3) is 0 Å². The Hall–Kier alpha value is -1.85. The largest absolute Gasteiger partial charge is 0.449 e. The fourth-order valence-corrected chi connectivity index (χ4v) is 2.42. The molecular weight excluding hydrogens is 380 g/mol. The van der Waals surface area contributed by atoms with E-state index in [0.29, 0.717) is 10.7 Å². The molecular formula is C17H16BrClN2O2. The van der Waals surface area contributed by atoms with Crippen molar-refractivity contribution in [3.05, 3.63) is 70.2 Å². The van der Waals surface area contributed by atoms with Crippen LogP contribution >= 0.6 is 27.5 Å². The molecule has 0 atom stereocenters. The lowest BCUT2D eigenvalue weighted by Crippen LogP contribution is -2.21.